The number of amides is 3. The summed E-state index contributed by atoms with van der Waals surface area (Å²) in [5.74, 6) is -0.435. The van der Waals surface area contributed by atoms with Crippen LogP contribution < -0.4 is 11.1 Å². The zero-order chi connectivity index (χ0) is 29.4. The maximum atomic E-state index is 13.8. The summed E-state index contributed by atoms with van der Waals surface area (Å²) in [6, 6.07) is 15.1. The molecule has 0 saturated carbocycles. The quantitative estimate of drug-likeness (QED) is 0.341. The van der Waals surface area contributed by atoms with Gasteiger partial charge in [-0.05, 0) is 61.3 Å². The molecular weight excluding hydrogens is 530 g/mol. The number of hydrogen-bond acceptors (Lipinski definition) is 6. The number of carbonyl (C=O) groups excluding carboxylic acids is 3. The Morgan fingerprint density at radius 3 is 2.38 bits per heavy atom. The predicted octanol–water partition coefficient (Wildman–Crippen LogP) is 4.67. The third kappa shape index (κ3) is 7.01. The number of benzene rings is 2. The summed E-state index contributed by atoms with van der Waals surface area (Å²) in [6.45, 7) is 6.25. The third-order valence-electron chi connectivity index (χ3n) is 7.24. The molecule has 3 atom stereocenters. The first-order valence-corrected chi connectivity index (χ1v) is 14.1. The second kappa shape index (κ2) is 13.8. The van der Waals surface area contributed by atoms with E-state index in [2.05, 4.69) is 5.32 Å². The van der Waals surface area contributed by atoms with E-state index in [9.17, 15) is 14.4 Å². The highest BCUT2D eigenvalue weighted by Gasteiger charge is 2.50. The van der Waals surface area contributed by atoms with Gasteiger partial charge in [0, 0.05) is 17.6 Å². The summed E-state index contributed by atoms with van der Waals surface area (Å²) < 4.78 is 4.94. The van der Waals surface area contributed by atoms with Crippen LogP contribution in [0.25, 0.3) is 0 Å². The highest BCUT2D eigenvalue weighted by Crippen LogP contribution is 2.35. The van der Waals surface area contributed by atoms with E-state index in [0.717, 1.165) is 16.0 Å². The minimum Gasteiger partial charge on any atom is -0.452 e. The Kier molecular flexibility index (Phi) is 10.7. The first kappa shape index (κ1) is 31.1. The summed E-state index contributed by atoms with van der Waals surface area (Å²) in [7, 11) is 1.23. The number of ether oxygens (including phenoxy) is 1. The fourth-order valence-electron chi connectivity index (χ4n) is 5.31. The molecule has 0 unspecified atom stereocenters. The lowest BCUT2D eigenvalue weighted by Crippen LogP contribution is -2.52. The van der Waals surface area contributed by atoms with Gasteiger partial charge in [0.25, 0.3) is 5.91 Å². The van der Waals surface area contributed by atoms with Crippen LogP contribution in [0.2, 0.25) is 5.02 Å². The van der Waals surface area contributed by atoms with Crippen LogP contribution in [0.3, 0.4) is 0 Å². The van der Waals surface area contributed by atoms with E-state index in [1.807, 2.05) is 51.1 Å². The lowest BCUT2D eigenvalue weighted by atomic mass is 9.82. The van der Waals surface area contributed by atoms with Crippen molar-refractivity contribution >= 4 is 35.5 Å². The standard InChI is InChI=1S/C30H40ClN5O4/c1-5-24(36(29(39)40-4)26(37)25(32)18-21-13-15-23(31)16-14-21)12-9-17-35-27(38)30(19-20(2)3,34-28(35)33)22-10-7-6-8-11-22/h6-8,10-11,13-16,20,24-25H,5,9,12,17-19,32H2,1-4H3,(H2,33,34)/t24-,25-,30+/m0/s1. The van der Waals surface area contributed by atoms with Crippen molar-refractivity contribution < 1.29 is 19.1 Å². The Hall–Kier alpha value is -3.43. The Balaban J connectivity index is 1.71. The molecule has 3 rings (SSSR count). The molecule has 9 nitrogen and oxygen atoms in total. The first-order chi connectivity index (χ1) is 19.0. The molecule has 0 aromatic heterocycles. The Morgan fingerprint density at radius 2 is 1.80 bits per heavy atom. The second-order valence-corrected chi connectivity index (χ2v) is 11.1. The molecular formula is C30H40ClN5O4. The molecule has 1 aliphatic rings. The number of imide groups is 1. The number of hydrogen-bond donors (Lipinski definition) is 3. The van der Waals surface area contributed by atoms with Crippen LogP contribution in [0, 0.1) is 11.3 Å². The topological polar surface area (TPSA) is 129 Å². The minimum atomic E-state index is -1.00. The van der Waals surface area contributed by atoms with Gasteiger partial charge in [-0.25, -0.2) is 9.69 Å². The van der Waals surface area contributed by atoms with Crippen LogP contribution in [0.15, 0.2) is 54.6 Å². The van der Waals surface area contributed by atoms with Crippen LogP contribution in [-0.2, 0) is 26.3 Å². The summed E-state index contributed by atoms with van der Waals surface area (Å²) >= 11 is 5.96. The predicted molar refractivity (Wildman–Crippen MR) is 156 cm³/mol. The normalized spacial score (nSPS) is 18.4. The maximum absolute atomic E-state index is 13.8. The van der Waals surface area contributed by atoms with Crippen molar-refractivity contribution in [2.45, 2.75) is 70.5 Å². The molecule has 0 spiro atoms. The highest BCUT2D eigenvalue weighted by molar-refractivity contribution is 6.30. The van der Waals surface area contributed by atoms with Gasteiger partial charge in [-0.2, -0.15) is 0 Å². The molecule has 0 aliphatic carbocycles. The van der Waals surface area contributed by atoms with Gasteiger partial charge in [0.1, 0.15) is 5.54 Å². The van der Waals surface area contributed by atoms with E-state index in [4.69, 9.17) is 27.5 Å². The monoisotopic (exact) mass is 569 g/mol. The van der Waals surface area contributed by atoms with Crippen LogP contribution in [0.4, 0.5) is 4.79 Å². The molecule has 216 valence electrons. The van der Waals surface area contributed by atoms with Crippen molar-refractivity contribution in [3.05, 3.63) is 70.7 Å². The van der Waals surface area contributed by atoms with Gasteiger partial charge in [0.2, 0.25) is 5.91 Å². The van der Waals surface area contributed by atoms with Gasteiger partial charge >= 0.3 is 6.09 Å². The molecule has 40 heavy (non-hydrogen) atoms. The molecule has 1 fully saturated rings. The number of halogens is 1. The molecule has 2 aromatic carbocycles. The summed E-state index contributed by atoms with van der Waals surface area (Å²) in [5.41, 5.74) is 6.89. The van der Waals surface area contributed by atoms with Crippen molar-refractivity contribution in [1.82, 2.24) is 15.1 Å². The van der Waals surface area contributed by atoms with E-state index >= 15 is 0 Å². The van der Waals surface area contributed by atoms with Crippen LogP contribution in [-0.4, -0.2) is 59.4 Å². The molecule has 3 amide bonds. The molecule has 1 saturated heterocycles. The number of methoxy groups -OCH3 is 1. The third-order valence-corrected chi connectivity index (χ3v) is 7.50. The molecule has 0 radical (unpaired) electrons. The lowest BCUT2D eigenvalue weighted by molar-refractivity contribution is -0.134. The molecule has 1 aliphatic heterocycles. The number of carbonyl (C=O) groups is 3. The van der Waals surface area contributed by atoms with Gasteiger partial charge < -0.3 is 15.8 Å². The molecule has 1 heterocycles. The molecule has 2 aromatic rings. The largest absolute Gasteiger partial charge is 0.452 e. The smallest absolute Gasteiger partial charge is 0.416 e. The van der Waals surface area contributed by atoms with E-state index < -0.39 is 29.6 Å². The number of guanidine groups is 1. The molecule has 0 bridgehead atoms. The Morgan fingerprint density at radius 1 is 1.15 bits per heavy atom. The van der Waals surface area contributed by atoms with E-state index in [-0.39, 0.29) is 30.8 Å². The molecule has 4 N–H and O–H groups in total. The van der Waals surface area contributed by atoms with Crippen LogP contribution >= 0.6 is 11.6 Å². The van der Waals surface area contributed by atoms with Gasteiger partial charge in [-0.3, -0.25) is 19.9 Å². The van der Waals surface area contributed by atoms with Gasteiger partial charge in [0.15, 0.2) is 5.96 Å². The zero-order valence-electron chi connectivity index (χ0n) is 23.7. The SMILES string of the molecule is CC[C@@H](CCCN1C(=N)N[C@](CC(C)C)(c2ccccc2)C1=O)N(C(=O)OC)C(=O)[C@@H](N)Cc1ccc(Cl)cc1. The summed E-state index contributed by atoms with van der Waals surface area (Å²) in [5, 5.41) is 12.3. The number of nitrogens with two attached hydrogens (primary N) is 1. The van der Waals surface area contributed by atoms with Crippen molar-refractivity contribution in [2.24, 2.45) is 11.7 Å². The van der Waals surface area contributed by atoms with Crippen molar-refractivity contribution in [1.29, 1.82) is 5.41 Å². The highest BCUT2D eigenvalue weighted by atomic mass is 35.5. The van der Waals surface area contributed by atoms with E-state index in [1.54, 1.807) is 24.3 Å². The van der Waals surface area contributed by atoms with Gasteiger partial charge in [-0.15, -0.1) is 0 Å². The Labute approximate surface area is 241 Å². The van der Waals surface area contributed by atoms with Crippen molar-refractivity contribution in [3.63, 3.8) is 0 Å². The number of rotatable bonds is 12. The van der Waals surface area contributed by atoms with Crippen molar-refractivity contribution in [3.8, 4) is 0 Å². The average molecular weight is 570 g/mol. The average Bonchev–Trinajstić information content (AvgIpc) is 3.17. The number of nitrogens with zero attached hydrogens (tertiary/aromatic N) is 2. The van der Waals surface area contributed by atoms with Crippen LogP contribution in [0.5, 0.6) is 0 Å². The van der Waals surface area contributed by atoms with E-state index in [1.165, 1.54) is 12.0 Å². The maximum Gasteiger partial charge on any atom is 0.416 e. The minimum absolute atomic E-state index is 0.0495. The zero-order valence-corrected chi connectivity index (χ0v) is 24.4. The van der Waals surface area contributed by atoms with E-state index in [0.29, 0.717) is 30.7 Å². The Bertz CT molecular complexity index is 1190. The fourth-order valence-corrected chi connectivity index (χ4v) is 5.44. The summed E-state index contributed by atoms with van der Waals surface area (Å²) in [6.07, 6.45) is 1.39. The molecule has 10 heteroatoms. The second-order valence-electron chi connectivity index (χ2n) is 10.6. The fraction of sp³-hybridized carbons (Fsp3) is 0.467. The number of nitrogens with one attached hydrogen (secondary N) is 2. The van der Waals surface area contributed by atoms with Gasteiger partial charge in [-0.1, -0.05) is 74.8 Å². The van der Waals surface area contributed by atoms with Crippen LogP contribution in [0.1, 0.15) is 57.6 Å². The van der Waals surface area contributed by atoms with Gasteiger partial charge in [0.05, 0.1) is 13.2 Å². The summed E-state index contributed by atoms with van der Waals surface area (Å²) in [4.78, 5) is 42.4. The first-order valence-electron chi connectivity index (χ1n) is 13.7. The van der Waals surface area contributed by atoms with Crippen molar-refractivity contribution in [2.75, 3.05) is 13.7 Å². The lowest BCUT2D eigenvalue weighted by Gasteiger charge is -2.31.